The highest BCUT2D eigenvalue weighted by Crippen LogP contribution is 2.47. The summed E-state index contributed by atoms with van der Waals surface area (Å²) >= 11 is 0. The maximum Gasteiger partial charge on any atom is 0.419 e. The third-order valence-corrected chi connectivity index (χ3v) is 5.60. The molecule has 2 aliphatic heterocycles. The van der Waals surface area contributed by atoms with Crippen molar-refractivity contribution >= 4 is 16.1 Å². The van der Waals surface area contributed by atoms with E-state index in [1.807, 2.05) is 0 Å². The number of ether oxygens (including phenoxy) is 3. The number of carbonyl (C=O) groups excluding carboxylic acids is 1. The summed E-state index contributed by atoms with van der Waals surface area (Å²) in [6.07, 6.45) is -2.16. The van der Waals surface area contributed by atoms with Crippen LogP contribution in [0.4, 0.5) is 13.2 Å². The van der Waals surface area contributed by atoms with E-state index in [9.17, 15) is 30.9 Å². The van der Waals surface area contributed by atoms with Crippen LogP contribution in [-0.2, 0) is 25.8 Å². The van der Waals surface area contributed by atoms with Crippen LogP contribution >= 0.6 is 0 Å². The molecule has 1 aromatic rings. The molecule has 0 radical (unpaired) electrons. The monoisotopic (exact) mass is 435 g/mol. The van der Waals surface area contributed by atoms with Gasteiger partial charge in [-0.05, 0) is 37.1 Å². The zero-order chi connectivity index (χ0) is 21.4. The van der Waals surface area contributed by atoms with Crippen molar-refractivity contribution < 1.29 is 45.1 Å². The van der Waals surface area contributed by atoms with Crippen LogP contribution in [0.15, 0.2) is 30.9 Å². The number of hydrogen-bond acceptors (Lipinski definition) is 7. The Morgan fingerprint density at radius 2 is 2.10 bits per heavy atom. The van der Waals surface area contributed by atoms with Crippen molar-refractivity contribution in [3.8, 4) is 5.75 Å². The minimum Gasteiger partial charge on any atom is -0.748 e. The van der Waals surface area contributed by atoms with Crippen molar-refractivity contribution in [2.24, 2.45) is 0 Å². The molecule has 3 rings (SSSR count). The van der Waals surface area contributed by atoms with E-state index in [4.69, 9.17) is 9.47 Å². The molecule has 2 bridgehead atoms. The average Bonchev–Trinajstić information content (AvgIpc) is 3.21. The third-order valence-electron chi connectivity index (χ3n) is 4.93. The van der Waals surface area contributed by atoms with Gasteiger partial charge in [0.05, 0.1) is 33.1 Å². The first-order chi connectivity index (χ1) is 13.4. The molecule has 2 fully saturated rings. The largest absolute Gasteiger partial charge is 0.748 e. The normalized spacial score (nSPS) is 26.3. The first-order valence-corrected chi connectivity index (χ1v) is 10.3. The van der Waals surface area contributed by atoms with Gasteiger partial charge in [0.15, 0.2) is 5.60 Å². The quantitative estimate of drug-likeness (QED) is 0.369. The number of alkyl halides is 3. The summed E-state index contributed by atoms with van der Waals surface area (Å²) in [5.74, 6) is -2.61. The van der Waals surface area contributed by atoms with Crippen molar-refractivity contribution in [3.63, 3.8) is 0 Å². The Labute approximate surface area is 165 Å². The first-order valence-electron chi connectivity index (χ1n) is 8.73. The highest BCUT2D eigenvalue weighted by molar-refractivity contribution is 7.85. The van der Waals surface area contributed by atoms with Crippen LogP contribution in [0.2, 0.25) is 0 Å². The van der Waals surface area contributed by atoms with E-state index in [0.29, 0.717) is 18.9 Å². The van der Waals surface area contributed by atoms with Gasteiger partial charge >= 0.3 is 12.1 Å². The van der Waals surface area contributed by atoms with E-state index in [0.717, 1.165) is 18.6 Å². The lowest BCUT2D eigenvalue weighted by molar-refractivity contribution is -0.140. The van der Waals surface area contributed by atoms with Gasteiger partial charge in [0.1, 0.15) is 18.5 Å². The Morgan fingerprint density at radius 3 is 2.62 bits per heavy atom. The molecule has 3 unspecified atom stereocenters. The molecule has 3 atom stereocenters. The summed E-state index contributed by atoms with van der Waals surface area (Å²) in [4.78, 5) is 12.1. The predicted octanol–water partition coefficient (Wildman–Crippen LogP) is 2.66. The van der Waals surface area contributed by atoms with Crippen molar-refractivity contribution in [3.05, 3.63) is 42.0 Å². The molecule has 1 aromatic carbocycles. The summed E-state index contributed by atoms with van der Waals surface area (Å²) in [6.45, 7) is 2.97. The van der Waals surface area contributed by atoms with Gasteiger partial charge in [0.25, 0.3) is 0 Å². The fourth-order valence-electron chi connectivity index (χ4n) is 3.56. The molecule has 0 aliphatic carbocycles. The standard InChI is InChI=1S/C18H19F3O7S/c1-2-17(10-12-4-6-15(17)27-12)28-14-9-11(3-5-13(14)18(19,20)21)16(22)26-7-8-29(23,24)25/h2-3,5,9,12,15H,1,4,6-8,10H2,(H,23,24,25)/p-1. The first kappa shape index (κ1) is 21.6. The van der Waals surface area contributed by atoms with E-state index in [-0.39, 0.29) is 11.7 Å². The number of rotatable bonds is 7. The lowest BCUT2D eigenvalue weighted by Crippen LogP contribution is -2.43. The second-order valence-corrected chi connectivity index (χ2v) is 8.42. The Kier molecular flexibility index (Phi) is 5.67. The van der Waals surface area contributed by atoms with E-state index < -0.39 is 57.6 Å². The molecule has 0 saturated carbocycles. The Balaban J connectivity index is 1.87. The number of hydrogen-bond donors (Lipinski definition) is 0. The number of carbonyl (C=O) groups is 1. The van der Waals surface area contributed by atoms with Crippen LogP contribution in [0.3, 0.4) is 0 Å². The van der Waals surface area contributed by atoms with Gasteiger partial charge in [-0.25, -0.2) is 13.2 Å². The van der Waals surface area contributed by atoms with Crippen molar-refractivity contribution in [1.29, 1.82) is 0 Å². The number of benzene rings is 1. The lowest BCUT2D eigenvalue weighted by Gasteiger charge is -2.34. The molecule has 0 spiro atoms. The number of halogens is 3. The maximum absolute atomic E-state index is 13.5. The minimum atomic E-state index is -4.74. The summed E-state index contributed by atoms with van der Waals surface area (Å²) in [5.41, 5.74) is -2.51. The predicted molar refractivity (Wildman–Crippen MR) is 92.4 cm³/mol. The molecular weight excluding hydrogens is 417 g/mol. The molecule has 0 N–H and O–H groups in total. The highest BCUT2D eigenvalue weighted by Gasteiger charge is 2.53. The average molecular weight is 435 g/mol. The smallest absolute Gasteiger partial charge is 0.419 e. The maximum atomic E-state index is 13.5. The molecule has 29 heavy (non-hydrogen) atoms. The lowest BCUT2D eigenvalue weighted by atomic mass is 9.84. The number of esters is 1. The molecule has 2 heterocycles. The van der Waals surface area contributed by atoms with E-state index in [2.05, 4.69) is 11.3 Å². The van der Waals surface area contributed by atoms with Gasteiger partial charge in [-0.1, -0.05) is 6.58 Å². The molecule has 160 valence electrons. The van der Waals surface area contributed by atoms with Gasteiger partial charge in [-0.15, -0.1) is 0 Å². The van der Waals surface area contributed by atoms with Crippen LogP contribution < -0.4 is 4.74 Å². The van der Waals surface area contributed by atoms with Gasteiger partial charge < -0.3 is 18.8 Å². The SMILES string of the molecule is C=CC1(Oc2cc(C(=O)OCCS(=O)(=O)[O-])ccc2C(F)(F)F)CC2CCC1O2. The zero-order valence-corrected chi connectivity index (χ0v) is 15.9. The molecule has 2 saturated heterocycles. The summed E-state index contributed by atoms with van der Waals surface area (Å²) < 4.78 is 88.1. The van der Waals surface area contributed by atoms with Crippen LogP contribution in [0.25, 0.3) is 0 Å². The molecule has 11 heteroatoms. The van der Waals surface area contributed by atoms with Crippen molar-refractivity contribution in [2.45, 2.75) is 43.2 Å². The summed E-state index contributed by atoms with van der Waals surface area (Å²) in [6, 6.07) is 2.46. The Morgan fingerprint density at radius 1 is 1.38 bits per heavy atom. The third kappa shape index (κ3) is 4.73. The highest BCUT2D eigenvalue weighted by atomic mass is 32.2. The molecular formula is C18H18F3O7S-. The zero-order valence-electron chi connectivity index (χ0n) is 15.1. The molecule has 7 nitrogen and oxygen atoms in total. The van der Waals surface area contributed by atoms with Gasteiger partial charge in [-0.2, -0.15) is 13.2 Å². The van der Waals surface area contributed by atoms with E-state index in [1.54, 1.807) is 0 Å². The Hall–Kier alpha value is -2.11. The topological polar surface area (TPSA) is 102 Å². The van der Waals surface area contributed by atoms with Crippen molar-refractivity contribution in [1.82, 2.24) is 0 Å². The van der Waals surface area contributed by atoms with Gasteiger partial charge in [0.2, 0.25) is 0 Å². The van der Waals surface area contributed by atoms with Gasteiger partial charge in [-0.3, -0.25) is 0 Å². The van der Waals surface area contributed by atoms with E-state index >= 15 is 0 Å². The molecule has 0 aromatic heterocycles. The number of fused-ring (bicyclic) bond motifs is 2. The summed E-state index contributed by atoms with van der Waals surface area (Å²) in [5, 5.41) is 0. The van der Waals surface area contributed by atoms with Crippen LogP contribution in [0.1, 0.15) is 35.2 Å². The second kappa shape index (κ2) is 7.62. The minimum absolute atomic E-state index is 0.130. The second-order valence-electron chi connectivity index (χ2n) is 6.90. The van der Waals surface area contributed by atoms with Crippen molar-refractivity contribution in [2.75, 3.05) is 12.4 Å². The fourth-order valence-corrected chi connectivity index (χ4v) is 3.85. The fraction of sp³-hybridized carbons (Fsp3) is 0.500. The molecule has 0 amide bonds. The van der Waals surface area contributed by atoms with Crippen LogP contribution in [-0.4, -0.2) is 49.1 Å². The Bertz CT molecular complexity index is 913. The molecule has 2 aliphatic rings. The van der Waals surface area contributed by atoms with E-state index in [1.165, 1.54) is 6.08 Å². The van der Waals surface area contributed by atoms with Crippen LogP contribution in [0, 0.1) is 0 Å². The summed E-state index contributed by atoms with van der Waals surface area (Å²) in [7, 11) is -4.59. The van der Waals surface area contributed by atoms with Gasteiger partial charge in [0, 0.05) is 6.42 Å². The van der Waals surface area contributed by atoms with Crippen LogP contribution in [0.5, 0.6) is 5.75 Å².